The first-order valence-electron chi connectivity index (χ1n) is 9.21. The molecule has 2 amide bonds. The molecule has 0 heterocycles. The van der Waals surface area contributed by atoms with Crippen molar-refractivity contribution in [2.24, 2.45) is 5.73 Å². The molecule has 2 rings (SSSR count). The molecule has 0 radical (unpaired) electrons. The summed E-state index contributed by atoms with van der Waals surface area (Å²) in [4.78, 5) is 24.1. The topological polar surface area (TPSA) is 84.2 Å². The fourth-order valence-corrected chi connectivity index (χ4v) is 2.60. The van der Waals surface area contributed by atoms with Crippen LogP contribution in [0.25, 0.3) is 0 Å². The zero-order valence-electron chi connectivity index (χ0n) is 15.7. The Hall–Kier alpha value is -2.44. The van der Waals surface area contributed by atoms with Crippen LogP contribution in [0.15, 0.2) is 48.5 Å². The fraction of sp³-hybridized carbons (Fsp3) is 0.333. The van der Waals surface area contributed by atoms with Crippen LogP contribution >= 0.6 is 12.4 Å². The lowest BCUT2D eigenvalue weighted by Gasteiger charge is -2.08. The van der Waals surface area contributed by atoms with E-state index in [0.29, 0.717) is 30.8 Å². The highest BCUT2D eigenvalue weighted by atomic mass is 35.5. The average molecular weight is 408 g/mol. The van der Waals surface area contributed by atoms with E-state index in [0.717, 1.165) is 31.2 Å². The van der Waals surface area contributed by atoms with Crippen molar-refractivity contribution in [1.82, 2.24) is 5.32 Å². The van der Waals surface area contributed by atoms with E-state index in [4.69, 9.17) is 5.73 Å². The summed E-state index contributed by atoms with van der Waals surface area (Å²) in [5.41, 5.74) is 7.42. The van der Waals surface area contributed by atoms with Crippen LogP contribution in [0.3, 0.4) is 0 Å². The molecule has 152 valence electrons. The zero-order chi connectivity index (χ0) is 19.5. The van der Waals surface area contributed by atoms with Gasteiger partial charge in [0.2, 0.25) is 5.91 Å². The number of rotatable bonds is 10. The third-order valence-corrected chi connectivity index (χ3v) is 4.16. The van der Waals surface area contributed by atoms with Gasteiger partial charge in [-0.05, 0) is 61.3 Å². The molecule has 0 saturated carbocycles. The van der Waals surface area contributed by atoms with Gasteiger partial charge in [-0.15, -0.1) is 12.4 Å². The molecule has 2 aromatic rings. The molecule has 0 unspecified atom stereocenters. The summed E-state index contributed by atoms with van der Waals surface area (Å²) in [6, 6.07) is 12.7. The number of unbranched alkanes of at least 4 members (excludes halogenated alkanes) is 3. The summed E-state index contributed by atoms with van der Waals surface area (Å²) in [6.07, 6.45) is 4.36. The summed E-state index contributed by atoms with van der Waals surface area (Å²) < 4.78 is 12.9. The van der Waals surface area contributed by atoms with Gasteiger partial charge in [0.15, 0.2) is 0 Å². The number of carbonyl (C=O) groups excluding carboxylic acids is 2. The van der Waals surface area contributed by atoms with Gasteiger partial charge in [0, 0.05) is 24.2 Å². The van der Waals surface area contributed by atoms with E-state index in [2.05, 4.69) is 10.6 Å². The van der Waals surface area contributed by atoms with Crippen LogP contribution < -0.4 is 16.4 Å². The fourth-order valence-electron chi connectivity index (χ4n) is 2.60. The SMILES string of the molecule is Cl.NCCCCCCC(=O)Nc1ccc(C(=O)NCc2ccc(F)cc2)cc1. The van der Waals surface area contributed by atoms with E-state index in [1.807, 2.05) is 0 Å². The maximum Gasteiger partial charge on any atom is 0.251 e. The monoisotopic (exact) mass is 407 g/mol. The number of amides is 2. The average Bonchev–Trinajstić information content (AvgIpc) is 2.68. The van der Waals surface area contributed by atoms with Crippen LogP contribution in [0.1, 0.15) is 48.0 Å². The molecular formula is C21H27ClFN3O2. The summed E-state index contributed by atoms with van der Waals surface area (Å²) in [6.45, 7) is 1.01. The molecule has 4 N–H and O–H groups in total. The van der Waals surface area contributed by atoms with Crippen LogP contribution in [0.4, 0.5) is 10.1 Å². The number of anilines is 1. The van der Waals surface area contributed by atoms with Crippen LogP contribution in [0.5, 0.6) is 0 Å². The van der Waals surface area contributed by atoms with Crippen LogP contribution in [-0.4, -0.2) is 18.4 Å². The van der Waals surface area contributed by atoms with Gasteiger partial charge in [-0.1, -0.05) is 25.0 Å². The van der Waals surface area contributed by atoms with Gasteiger partial charge in [0.1, 0.15) is 5.82 Å². The summed E-state index contributed by atoms with van der Waals surface area (Å²) in [5.74, 6) is -0.563. The molecule has 0 spiro atoms. The van der Waals surface area contributed by atoms with Crippen molar-refractivity contribution < 1.29 is 14.0 Å². The Kier molecular flexibility index (Phi) is 10.8. The minimum absolute atomic E-state index is 0. The minimum atomic E-state index is -0.307. The second kappa shape index (κ2) is 12.9. The van der Waals surface area contributed by atoms with Crippen molar-refractivity contribution in [3.8, 4) is 0 Å². The lowest BCUT2D eigenvalue weighted by Crippen LogP contribution is -2.22. The molecule has 0 fully saturated rings. The summed E-state index contributed by atoms with van der Waals surface area (Å²) in [7, 11) is 0. The number of nitrogens with one attached hydrogen (secondary N) is 2. The Morgan fingerprint density at radius 3 is 2.18 bits per heavy atom. The van der Waals surface area contributed by atoms with Crippen molar-refractivity contribution in [3.63, 3.8) is 0 Å². The van der Waals surface area contributed by atoms with Crippen molar-refractivity contribution in [3.05, 3.63) is 65.5 Å². The second-order valence-electron chi connectivity index (χ2n) is 6.39. The third kappa shape index (κ3) is 8.50. The van der Waals surface area contributed by atoms with Crippen LogP contribution in [0.2, 0.25) is 0 Å². The molecule has 7 heteroatoms. The maximum atomic E-state index is 12.9. The number of benzene rings is 2. The lowest BCUT2D eigenvalue weighted by atomic mass is 10.1. The minimum Gasteiger partial charge on any atom is -0.348 e. The smallest absolute Gasteiger partial charge is 0.251 e. The molecule has 0 aliphatic carbocycles. The molecule has 0 aliphatic rings. The van der Waals surface area contributed by atoms with E-state index in [-0.39, 0.29) is 30.0 Å². The molecule has 0 saturated heterocycles. The largest absolute Gasteiger partial charge is 0.348 e. The number of nitrogens with two attached hydrogens (primary N) is 1. The number of hydrogen-bond acceptors (Lipinski definition) is 3. The normalized spacial score (nSPS) is 10.1. The summed E-state index contributed by atoms with van der Waals surface area (Å²) >= 11 is 0. The third-order valence-electron chi connectivity index (χ3n) is 4.16. The van der Waals surface area contributed by atoms with Crippen LogP contribution in [0, 0.1) is 5.82 Å². The first-order valence-corrected chi connectivity index (χ1v) is 9.21. The van der Waals surface area contributed by atoms with Gasteiger partial charge in [-0.3, -0.25) is 9.59 Å². The zero-order valence-corrected chi connectivity index (χ0v) is 16.6. The van der Waals surface area contributed by atoms with E-state index in [1.54, 1.807) is 36.4 Å². The highest BCUT2D eigenvalue weighted by Gasteiger charge is 2.07. The Balaban J connectivity index is 0.00000392. The molecular weight excluding hydrogens is 381 g/mol. The second-order valence-corrected chi connectivity index (χ2v) is 6.39. The van der Waals surface area contributed by atoms with Crippen molar-refractivity contribution >= 4 is 29.9 Å². The quantitative estimate of drug-likeness (QED) is 0.520. The predicted octanol–water partition coefficient (Wildman–Crippen LogP) is 4.03. The number of hydrogen-bond donors (Lipinski definition) is 3. The molecule has 0 aromatic heterocycles. The van der Waals surface area contributed by atoms with Gasteiger partial charge in [0.05, 0.1) is 0 Å². The first kappa shape index (κ1) is 23.6. The molecule has 0 aliphatic heterocycles. The summed E-state index contributed by atoms with van der Waals surface area (Å²) in [5, 5.41) is 5.61. The lowest BCUT2D eigenvalue weighted by molar-refractivity contribution is -0.116. The molecule has 28 heavy (non-hydrogen) atoms. The van der Waals surface area contributed by atoms with Gasteiger partial charge < -0.3 is 16.4 Å². The van der Waals surface area contributed by atoms with Crippen molar-refractivity contribution in [1.29, 1.82) is 0 Å². The standard InChI is InChI=1S/C21H26FN3O2.ClH/c22-18-10-6-16(7-11-18)15-24-21(27)17-8-12-19(13-9-17)25-20(26)5-3-1-2-4-14-23;/h6-13H,1-5,14-15,23H2,(H,24,27)(H,25,26);1H. The van der Waals surface area contributed by atoms with Gasteiger partial charge in [-0.25, -0.2) is 4.39 Å². The highest BCUT2D eigenvalue weighted by Crippen LogP contribution is 2.12. The number of carbonyl (C=O) groups is 2. The Morgan fingerprint density at radius 2 is 1.54 bits per heavy atom. The van der Waals surface area contributed by atoms with E-state index < -0.39 is 0 Å². The van der Waals surface area contributed by atoms with Gasteiger partial charge in [0.25, 0.3) is 5.91 Å². The van der Waals surface area contributed by atoms with E-state index in [1.165, 1.54) is 12.1 Å². The molecule has 2 aromatic carbocycles. The van der Waals surface area contributed by atoms with E-state index in [9.17, 15) is 14.0 Å². The number of halogens is 2. The Morgan fingerprint density at radius 1 is 0.893 bits per heavy atom. The van der Waals surface area contributed by atoms with Crippen LogP contribution in [-0.2, 0) is 11.3 Å². The Labute approximate surface area is 171 Å². The van der Waals surface area contributed by atoms with Crippen molar-refractivity contribution in [2.45, 2.75) is 38.6 Å². The van der Waals surface area contributed by atoms with Crippen molar-refractivity contribution in [2.75, 3.05) is 11.9 Å². The maximum absolute atomic E-state index is 12.9. The predicted molar refractivity (Wildman–Crippen MR) is 112 cm³/mol. The Bertz CT molecular complexity index is 736. The first-order chi connectivity index (χ1) is 13.1. The molecule has 0 bridgehead atoms. The molecule has 0 atom stereocenters. The van der Waals surface area contributed by atoms with E-state index >= 15 is 0 Å². The van der Waals surface area contributed by atoms with Gasteiger partial charge >= 0.3 is 0 Å². The molecule has 5 nitrogen and oxygen atoms in total. The van der Waals surface area contributed by atoms with Gasteiger partial charge in [-0.2, -0.15) is 0 Å². The highest BCUT2D eigenvalue weighted by molar-refractivity contribution is 5.95.